The first kappa shape index (κ1) is 13.5. The molecular formula is C10H8F3IN6. The predicted octanol–water partition coefficient (Wildman–Crippen LogP) is 1.71. The molecule has 0 radical (unpaired) electrons. The van der Waals surface area contributed by atoms with Crippen LogP contribution in [0.25, 0.3) is 0 Å². The number of fused-ring (bicyclic) bond motifs is 1. The Morgan fingerprint density at radius 2 is 2.00 bits per heavy atom. The van der Waals surface area contributed by atoms with Gasteiger partial charge in [-0.2, -0.15) is 13.2 Å². The van der Waals surface area contributed by atoms with E-state index in [1.165, 1.54) is 6.33 Å². The minimum absolute atomic E-state index is 0.178. The van der Waals surface area contributed by atoms with Crippen LogP contribution in [0.1, 0.15) is 11.6 Å². The first-order valence-electron chi connectivity index (χ1n) is 5.66. The minimum Gasteiger partial charge on any atom is -0.346 e. The average Bonchev–Trinajstić information content (AvgIpc) is 2.82. The van der Waals surface area contributed by atoms with Crippen molar-refractivity contribution in [3.8, 4) is 0 Å². The second-order valence-corrected chi connectivity index (χ2v) is 5.37. The van der Waals surface area contributed by atoms with E-state index in [9.17, 15) is 13.2 Å². The van der Waals surface area contributed by atoms with Crippen molar-refractivity contribution in [3.63, 3.8) is 0 Å². The van der Waals surface area contributed by atoms with E-state index in [4.69, 9.17) is 0 Å². The van der Waals surface area contributed by atoms with Crippen LogP contribution >= 0.6 is 22.6 Å². The van der Waals surface area contributed by atoms with E-state index in [2.05, 4.69) is 42.8 Å². The van der Waals surface area contributed by atoms with Gasteiger partial charge >= 0.3 is 6.18 Å². The predicted molar refractivity (Wildman–Crippen MR) is 70.8 cm³/mol. The molecule has 0 N–H and O–H groups in total. The molecule has 0 atom stereocenters. The lowest BCUT2D eigenvalue weighted by Crippen LogP contribution is -2.36. The highest BCUT2D eigenvalue weighted by Gasteiger charge is 2.39. The van der Waals surface area contributed by atoms with Crippen LogP contribution in [0, 0.1) is 3.57 Å². The van der Waals surface area contributed by atoms with E-state index in [0.717, 1.165) is 8.14 Å². The van der Waals surface area contributed by atoms with Gasteiger partial charge in [-0.1, -0.05) is 0 Å². The SMILES string of the molecule is FC(F)(F)c1nnc2n1CCN(c1ncncc1I)C2. The molecule has 1 aliphatic rings. The number of aromatic nitrogens is 5. The maximum atomic E-state index is 12.7. The molecule has 0 fully saturated rings. The molecule has 0 amide bonds. The van der Waals surface area contributed by atoms with Gasteiger partial charge in [0.25, 0.3) is 0 Å². The Kier molecular flexibility index (Phi) is 3.26. The van der Waals surface area contributed by atoms with Crippen LogP contribution in [-0.4, -0.2) is 31.3 Å². The maximum absolute atomic E-state index is 12.7. The number of halogens is 4. The zero-order chi connectivity index (χ0) is 14.3. The quantitative estimate of drug-likeness (QED) is 0.688. The molecule has 0 bridgehead atoms. The van der Waals surface area contributed by atoms with Crippen LogP contribution in [0.2, 0.25) is 0 Å². The molecule has 106 valence electrons. The van der Waals surface area contributed by atoms with E-state index in [1.54, 1.807) is 6.20 Å². The minimum atomic E-state index is -4.48. The fourth-order valence-corrected chi connectivity index (χ4v) is 2.73. The third kappa shape index (κ3) is 2.31. The lowest BCUT2D eigenvalue weighted by Gasteiger charge is -2.29. The molecule has 0 aromatic carbocycles. The van der Waals surface area contributed by atoms with E-state index in [1.807, 2.05) is 4.90 Å². The molecule has 0 aliphatic carbocycles. The van der Waals surface area contributed by atoms with Gasteiger partial charge in [0, 0.05) is 19.3 Å². The van der Waals surface area contributed by atoms with Gasteiger partial charge in [-0.05, 0) is 22.6 Å². The second-order valence-electron chi connectivity index (χ2n) is 4.21. The highest BCUT2D eigenvalue weighted by molar-refractivity contribution is 14.1. The summed E-state index contributed by atoms with van der Waals surface area (Å²) >= 11 is 2.09. The van der Waals surface area contributed by atoms with Crippen molar-refractivity contribution in [2.75, 3.05) is 11.4 Å². The Bertz CT molecular complexity index is 640. The number of hydrogen-bond acceptors (Lipinski definition) is 5. The third-order valence-corrected chi connectivity index (χ3v) is 3.72. The molecular weight excluding hydrogens is 388 g/mol. The van der Waals surface area contributed by atoms with Crippen molar-refractivity contribution in [2.24, 2.45) is 0 Å². The first-order valence-corrected chi connectivity index (χ1v) is 6.74. The van der Waals surface area contributed by atoms with Crippen LogP contribution in [-0.2, 0) is 19.3 Å². The molecule has 3 heterocycles. The zero-order valence-corrected chi connectivity index (χ0v) is 12.1. The van der Waals surface area contributed by atoms with E-state index >= 15 is 0 Å². The van der Waals surface area contributed by atoms with Gasteiger partial charge < -0.3 is 9.47 Å². The van der Waals surface area contributed by atoms with Crippen LogP contribution in [0.4, 0.5) is 19.0 Å². The van der Waals surface area contributed by atoms with Crippen molar-refractivity contribution in [2.45, 2.75) is 19.3 Å². The molecule has 3 rings (SSSR count). The fraction of sp³-hybridized carbons (Fsp3) is 0.400. The summed E-state index contributed by atoms with van der Waals surface area (Å²) in [5.74, 6) is 0.0472. The number of anilines is 1. The van der Waals surface area contributed by atoms with Gasteiger partial charge in [0.05, 0.1) is 10.1 Å². The highest BCUT2D eigenvalue weighted by Crippen LogP contribution is 2.30. The summed E-state index contributed by atoms with van der Waals surface area (Å²) in [7, 11) is 0. The lowest BCUT2D eigenvalue weighted by atomic mass is 10.3. The molecule has 0 spiro atoms. The monoisotopic (exact) mass is 396 g/mol. The molecule has 2 aromatic rings. The van der Waals surface area contributed by atoms with Crippen molar-refractivity contribution in [1.82, 2.24) is 24.7 Å². The molecule has 2 aromatic heterocycles. The lowest BCUT2D eigenvalue weighted by molar-refractivity contribution is -0.147. The molecule has 0 saturated carbocycles. The van der Waals surface area contributed by atoms with Crippen LogP contribution in [0.3, 0.4) is 0 Å². The molecule has 20 heavy (non-hydrogen) atoms. The molecule has 0 saturated heterocycles. The topological polar surface area (TPSA) is 59.7 Å². The summed E-state index contributed by atoms with van der Waals surface area (Å²) in [6.45, 7) is 0.842. The normalized spacial score (nSPS) is 15.3. The summed E-state index contributed by atoms with van der Waals surface area (Å²) in [6, 6.07) is 0. The maximum Gasteiger partial charge on any atom is 0.451 e. The highest BCUT2D eigenvalue weighted by atomic mass is 127. The van der Waals surface area contributed by atoms with Crippen molar-refractivity contribution >= 4 is 28.4 Å². The van der Waals surface area contributed by atoms with Crippen molar-refractivity contribution < 1.29 is 13.2 Å². The number of alkyl halides is 3. The Balaban J connectivity index is 1.91. The number of hydrogen-bond donors (Lipinski definition) is 0. The van der Waals surface area contributed by atoms with Gasteiger partial charge in [-0.25, -0.2) is 9.97 Å². The van der Waals surface area contributed by atoms with Crippen LogP contribution < -0.4 is 4.90 Å². The summed E-state index contributed by atoms with van der Waals surface area (Å²) < 4.78 is 40.2. The van der Waals surface area contributed by atoms with E-state index < -0.39 is 12.0 Å². The van der Waals surface area contributed by atoms with Crippen LogP contribution in [0.15, 0.2) is 12.5 Å². The zero-order valence-electron chi connectivity index (χ0n) is 9.97. The Labute approximate surface area is 125 Å². The number of nitrogens with zero attached hydrogens (tertiary/aromatic N) is 6. The van der Waals surface area contributed by atoms with Crippen molar-refractivity contribution in [1.29, 1.82) is 0 Å². The average molecular weight is 396 g/mol. The van der Waals surface area contributed by atoms with Gasteiger partial charge in [0.15, 0.2) is 5.82 Å². The summed E-state index contributed by atoms with van der Waals surface area (Å²) in [5.41, 5.74) is 0. The summed E-state index contributed by atoms with van der Waals surface area (Å²) in [4.78, 5) is 9.92. The van der Waals surface area contributed by atoms with Gasteiger partial charge in [0.1, 0.15) is 12.1 Å². The number of rotatable bonds is 1. The van der Waals surface area contributed by atoms with Gasteiger partial charge in [-0.15, -0.1) is 10.2 Å². The largest absolute Gasteiger partial charge is 0.451 e. The first-order chi connectivity index (χ1) is 9.47. The summed E-state index contributed by atoms with van der Waals surface area (Å²) in [6.07, 6.45) is -1.40. The van der Waals surface area contributed by atoms with E-state index in [0.29, 0.717) is 12.4 Å². The molecule has 1 aliphatic heterocycles. The smallest absolute Gasteiger partial charge is 0.346 e. The van der Waals surface area contributed by atoms with Gasteiger partial charge in [0.2, 0.25) is 5.82 Å². The Morgan fingerprint density at radius 3 is 2.70 bits per heavy atom. The van der Waals surface area contributed by atoms with E-state index in [-0.39, 0.29) is 18.9 Å². The van der Waals surface area contributed by atoms with Crippen LogP contribution in [0.5, 0.6) is 0 Å². The summed E-state index contributed by atoms with van der Waals surface area (Å²) in [5, 5.41) is 6.88. The second kappa shape index (κ2) is 4.82. The van der Waals surface area contributed by atoms with Gasteiger partial charge in [-0.3, -0.25) is 0 Å². The molecule has 10 heteroatoms. The Morgan fingerprint density at radius 1 is 1.20 bits per heavy atom. The third-order valence-electron chi connectivity index (χ3n) is 2.95. The molecule has 6 nitrogen and oxygen atoms in total. The Hall–Kier alpha value is -1.46. The molecule has 0 unspecified atom stereocenters. The standard InChI is InChI=1S/C10H8F3IN6/c11-10(12,13)9-18-17-7-4-19(1-2-20(7)9)8-6(14)3-15-5-16-8/h3,5H,1-2,4H2. The fourth-order valence-electron chi connectivity index (χ4n) is 2.09. The van der Waals surface area contributed by atoms with Crippen molar-refractivity contribution in [3.05, 3.63) is 27.7 Å².